The van der Waals surface area contributed by atoms with Gasteiger partial charge in [-0.05, 0) is 48.5 Å². The third kappa shape index (κ3) is 3.35. The van der Waals surface area contributed by atoms with Crippen LogP contribution >= 0.6 is 12.2 Å². The first kappa shape index (κ1) is 20.0. The Morgan fingerprint density at radius 1 is 1.00 bits per heavy atom. The van der Waals surface area contributed by atoms with Crippen molar-refractivity contribution in [2.24, 2.45) is 0 Å². The fraction of sp³-hybridized carbons (Fsp3) is 0.0769. The number of para-hydroxylation sites is 3. The zero-order valence-corrected chi connectivity index (χ0v) is 18.5. The normalized spacial score (nSPS) is 11.0. The Morgan fingerprint density at radius 2 is 1.69 bits per heavy atom. The molecule has 0 fully saturated rings. The lowest BCUT2D eigenvalue weighted by atomic mass is 10.1. The molecule has 0 amide bonds. The fourth-order valence-electron chi connectivity index (χ4n) is 3.99. The Hall–Kier alpha value is -3.90. The van der Waals surface area contributed by atoms with Crippen molar-refractivity contribution in [3.63, 3.8) is 0 Å². The van der Waals surface area contributed by atoms with Crippen LogP contribution in [0.1, 0.15) is 5.69 Å². The van der Waals surface area contributed by atoms with Gasteiger partial charge in [0.2, 0.25) is 5.78 Å². The summed E-state index contributed by atoms with van der Waals surface area (Å²) in [4.78, 5) is 5.67. The molecule has 2 heterocycles. The number of thiocarbonyl (C=S) groups is 1. The van der Waals surface area contributed by atoms with Gasteiger partial charge in [-0.15, -0.1) is 6.58 Å². The highest BCUT2D eigenvalue weighted by molar-refractivity contribution is 7.81. The van der Waals surface area contributed by atoms with Gasteiger partial charge in [-0.25, -0.2) is 4.98 Å². The second-order valence-corrected chi connectivity index (χ2v) is 7.79. The molecule has 0 bridgehead atoms. The first-order valence-corrected chi connectivity index (χ1v) is 10.7. The molecule has 0 aliphatic rings. The number of hydrogen-bond acceptors (Lipinski definition) is 3. The number of ether oxygens (including phenoxy) is 1. The van der Waals surface area contributed by atoms with Gasteiger partial charge in [-0.1, -0.05) is 48.6 Å². The highest BCUT2D eigenvalue weighted by Crippen LogP contribution is 2.31. The van der Waals surface area contributed by atoms with Crippen LogP contribution in [0.3, 0.4) is 0 Å². The number of aromatic nitrogens is 3. The number of nitrogens with one attached hydrogen (secondary N) is 1. The molecule has 5 nitrogen and oxygen atoms in total. The number of methoxy groups -OCH3 is 1. The van der Waals surface area contributed by atoms with E-state index < -0.39 is 0 Å². The molecule has 3 aromatic carbocycles. The summed E-state index contributed by atoms with van der Waals surface area (Å²) in [5, 5.41) is 3.39. The van der Waals surface area contributed by atoms with Gasteiger partial charge in [-0.2, -0.15) is 0 Å². The molecule has 0 aliphatic heterocycles. The third-order valence-electron chi connectivity index (χ3n) is 5.44. The van der Waals surface area contributed by atoms with Crippen LogP contribution in [-0.4, -0.2) is 26.1 Å². The van der Waals surface area contributed by atoms with Crippen LogP contribution in [0.2, 0.25) is 0 Å². The average Bonchev–Trinajstić information content (AvgIpc) is 3.36. The summed E-state index contributed by atoms with van der Waals surface area (Å²) >= 11 is 5.93. The molecule has 32 heavy (non-hydrogen) atoms. The molecule has 5 aromatic rings. The zero-order valence-electron chi connectivity index (χ0n) is 17.7. The molecule has 0 saturated heterocycles. The summed E-state index contributed by atoms with van der Waals surface area (Å²) in [6.07, 6.45) is 1.88. The Balaban J connectivity index is 1.78. The monoisotopic (exact) mass is 438 g/mol. The lowest BCUT2D eigenvalue weighted by Gasteiger charge is -2.10. The van der Waals surface area contributed by atoms with Gasteiger partial charge in [0, 0.05) is 17.8 Å². The molecule has 1 N–H and O–H groups in total. The average molecular weight is 439 g/mol. The van der Waals surface area contributed by atoms with E-state index in [4.69, 9.17) is 21.9 Å². The predicted octanol–water partition coefficient (Wildman–Crippen LogP) is 5.94. The van der Waals surface area contributed by atoms with Crippen LogP contribution in [0.25, 0.3) is 28.1 Å². The minimum Gasteiger partial charge on any atom is -0.497 e. The maximum absolute atomic E-state index is 5.93. The van der Waals surface area contributed by atoms with Crippen molar-refractivity contribution >= 4 is 39.7 Å². The first-order chi connectivity index (χ1) is 15.7. The zero-order chi connectivity index (χ0) is 22.1. The molecule has 0 atom stereocenters. The smallest absolute Gasteiger partial charge is 0.216 e. The highest BCUT2D eigenvalue weighted by atomic mass is 32.1. The van der Waals surface area contributed by atoms with E-state index in [1.807, 2.05) is 72.8 Å². The number of nitrogens with zero attached hydrogens (tertiary/aromatic N) is 3. The number of anilines is 1. The Labute approximate surface area is 191 Å². The lowest BCUT2D eigenvalue weighted by molar-refractivity contribution is 0.415. The van der Waals surface area contributed by atoms with Crippen LogP contribution in [0.4, 0.5) is 5.69 Å². The first-order valence-electron chi connectivity index (χ1n) is 10.3. The highest BCUT2D eigenvalue weighted by Gasteiger charge is 2.23. The van der Waals surface area contributed by atoms with Crippen molar-refractivity contribution in [3.8, 4) is 17.0 Å². The van der Waals surface area contributed by atoms with Crippen LogP contribution in [0, 0.1) is 0 Å². The van der Waals surface area contributed by atoms with Crippen molar-refractivity contribution in [3.05, 3.63) is 97.2 Å². The Morgan fingerprint density at radius 3 is 2.38 bits per heavy atom. The van der Waals surface area contributed by atoms with Gasteiger partial charge in [0.1, 0.15) is 22.1 Å². The minimum atomic E-state index is 0.607. The van der Waals surface area contributed by atoms with Crippen molar-refractivity contribution < 1.29 is 4.74 Å². The van der Waals surface area contributed by atoms with Crippen LogP contribution in [0.15, 0.2) is 91.5 Å². The van der Waals surface area contributed by atoms with Crippen molar-refractivity contribution in [2.45, 2.75) is 6.54 Å². The van der Waals surface area contributed by atoms with Crippen molar-refractivity contribution in [1.82, 2.24) is 14.0 Å². The molecule has 0 aliphatic carbocycles. The summed E-state index contributed by atoms with van der Waals surface area (Å²) in [5.41, 5.74) is 5.70. The molecular weight excluding hydrogens is 416 g/mol. The second-order valence-electron chi connectivity index (χ2n) is 7.38. The molecule has 0 saturated carbocycles. The summed E-state index contributed by atoms with van der Waals surface area (Å²) in [5.74, 6) is 1.62. The fourth-order valence-corrected chi connectivity index (χ4v) is 4.29. The standard InChI is InChI=1S/C26H22N4OS/c1-3-17-29-21-11-7-8-12-22(21)30-24(25(32)27-19-9-5-4-6-10-19)23(28-26(29)30)18-13-15-20(31-2)16-14-18/h3-16H,1,17H2,2H3,(H,27,32). The Kier molecular flexibility index (Phi) is 5.21. The van der Waals surface area contributed by atoms with Gasteiger partial charge in [-0.3, -0.25) is 4.40 Å². The molecule has 0 unspecified atom stereocenters. The quantitative estimate of drug-likeness (QED) is 0.263. The molecule has 6 heteroatoms. The van der Waals surface area contributed by atoms with E-state index in [-0.39, 0.29) is 0 Å². The predicted molar refractivity (Wildman–Crippen MR) is 135 cm³/mol. The van der Waals surface area contributed by atoms with Gasteiger partial charge in [0.25, 0.3) is 0 Å². The summed E-state index contributed by atoms with van der Waals surface area (Å²) in [6, 6.07) is 26.1. The van der Waals surface area contributed by atoms with E-state index in [1.165, 1.54) is 0 Å². The molecular formula is C26H22N4OS. The van der Waals surface area contributed by atoms with Gasteiger partial charge in [0.05, 0.1) is 18.1 Å². The molecule has 158 valence electrons. The van der Waals surface area contributed by atoms with E-state index in [1.54, 1.807) is 7.11 Å². The van der Waals surface area contributed by atoms with Crippen molar-refractivity contribution in [2.75, 3.05) is 12.4 Å². The molecule has 0 radical (unpaired) electrons. The lowest BCUT2D eigenvalue weighted by Crippen LogP contribution is -2.14. The number of allylic oxidation sites excluding steroid dienone is 1. The van der Waals surface area contributed by atoms with Crippen LogP contribution < -0.4 is 10.1 Å². The largest absolute Gasteiger partial charge is 0.497 e. The van der Waals surface area contributed by atoms with E-state index in [0.717, 1.165) is 45.2 Å². The van der Waals surface area contributed by atoms with E-state index in [9.17, 15) is 0 Å². The maximum atomic E-state index is 5.93. The second kappa shape index (κ2) is 8.32. The minimum absolute atomic E-state index is 0.607. The van der Waals surface area contributed by atoms with E-state index in [0.29, 0.717) is 11.5 Å². The van der Waals surface area contributed by atoms with E-state index >= 15 is 0 Å². The summed E-state index contributed by atoms with van der Waals surface area (Å²) in [7, 11) is 1.66. The molecule has 2 aromatic heterocycles. The maximum Gasteiger partial charge on any atom is 0.216 e. The molecule has 0 spiro atoms. The Bertz CT molecular complexity index is 1430. The summed E-state index contributed by atoms with van der Waals surface area (Å²) < 4.78 is 9.63. The topological polar surface area (TPSA) is 43.5 Å². The molecule has 5 rings (SSSR count). The van der Waals surface area contributed by atoms with Gasteiger partial charge >= 0.3 is 0 Å². The third-order valence-corrected chi connectivity index (χ3v) is 5.73. The number of fused-ring (bicyclic) bond motifs is 3. The van der Waals surface area contributed by atoms with Crippen LogP contribution in [-0.2, 0) is 6.54 Å². The SMILES string of the molecule is C=CCn1c2ccccc2n2c(C(=S)Nc3ccccc3)c(-c3ccc(OC)cc3)nc12. The number of benzene rings is 3. The van der Waals surface area contributed by atoms with Crippen LogP contribution in [0.5, 0.6) is 5.75 Å². The number of rotatable bonds is 6. The van der Waals surface area contributed by atoms with Gasteiger partial charge < -0.3 is 14.6 Å². The van der Waals surface area contributed by atoms with Crippen molar-refractivity contribution in [1.29, 1.82) is 0 Å². The van der Waals surface area contributed by atoms with Gasteiger partial charge in [0.15, 0.2) is 0 Å². The number of hydrogen-bond donors (Lipinski definition) is 1. The summed E-state index contributed by atoms with van der Waals surface area (Å²) in [6.45, 7) is 4.58. The number of imidazole rings is 2. The van der Waals surface area contributed by atoms with E-state index in [2.05, 4.69) is 33.0 Å².